The highest BCUT2D eigenvalue weighted by atomic mass is 17.3. The van der Waals surface area contributed by atoms with Gasteiger partial charge in [-0.2, -0.15) is 0 Å². The second-order valence-corrected chi connectivity index (χ2v) is 17.5. The third-order valence-electron chi connectivity index (χ3n) is 14.6. The highest BCUT2D eigenvalue weighted by Gasteiger charge is 2.72. The van der Waals surface area contributed by atoms with Gasteiger partial charge in [-0.3, -0.25) is 5.32 Å². The number of hydrogen-bond donors (Lipinski definition) is 1. The van der Waals surface area contributed by atoms with E-state index < -0.39 is 53.7 Å². The number of para-hydroxylation sites is 1. The van der Waals surface area contributed by atoms with Crippen LogP contribution < -0.4 is 5.32 Å². The molecule has 2 aliphatic carbocycles. The van der Waals surface area contributed by atoms with Gasteiger partial charge in [0.25, 0.3) is 0 Å². The number of nitrogens with one attached hydrogen (secondary N) is 1. The monoisotopic (exact) mass is 697 g/mol. The SMILES string of the molecule is C[C@H]1[C@@H](C[C@H](OC(=O)Nc2ccccc2)C2O[C@@H]3O[C@]4(C)CC[C@H]5[C@H](C)CC[C@@H]([C@H]2C)C35OO4)O[C@@H]2O[C@]3(C)CC[C@H]4[C@H](C)CC[C@@H]1C24OO3. The summed E-state index contributed by atoms with van der Waals surface area (Å²) in [7, 11) is 0. The number of carbonyl (C=O) groups is 1. The molecule has 50 heavy (non-hydrogen) atoms. The largest absolute Gasteiger partial charge is 0.443 e. The predicted molar refractivity (Wildman–Crippen MR) is 179 cm³/mol. The summed E-state index contributed by atoms with van der Waals surface area (Å²) in [5, 5.41) is 2.95. The Morgan fingerprint density at radius 1 is 0.740 bits per heavy atom. The van der Waals surface area contributed by atoms with Crippen molar-refractivity contribution in [3.05, 3.63) is 30.3 Å². The van der Waals surface area contributed by atoms with Gasteiger partial charge in [-0.15, -0.1) is 0 Å². The maximum atomic E-state index is 13.7. The lowest BCUT2D eigenvalue weighted by atomic mass is 9.56. The Balaban J connectivity index is 1.05. The predicted octanol–water partition coefficient (Wildman–Crippen LogP) is 7.49. The van der Waals surface area contributed by atoms with Crippen LogP contribution in [-0.4, -0.2) is 59.8 Å². The molecular weight excluding hydrogens is 642 g/mol. The van der Waals surface area contributed by atoms with Crippen LogP contribution >= 0.6 is 0 Å². The molecule has 276 valence electrons. The van der Waals surface area contributed by atoms with Crippen LogP contribution in [0.15, 0.2) is 30.3 Å². The summed E-state index contributed by atoms with van der Waals surface area (Å²) in [4.78, 5) is 38.7. The molecule has 2 spiro atoms. The maximum Gasteiger partial charge on any atom is 0.411 e. The Hall–Kier alpha value is -1.83. The van der Waals surface area contributed by atoms with Crippen molar-refractivity contribution in [2.45, 2.75) is 153 Å². The Labute approximate surface area is 295 Å². The lowest BCUT2D eigenvalue weighted by molar-refractivity contribution is -0.573. The van der Waals surface area contributed by atoms with E-state index >= 15 is 0 Å². The highest BCUT2D eigenvalue weighted by molar-refractivity contribution is 5.84. The van der Waals surface area contributed by atoms with Crippen molar-refractivity contribution in [3.8, 4) is 0 Å². The number of amides is 1. The fourth-order valence-electron chi connectivity index (χ4n) is 11.9. The topological polar surface area (TPSA) is 112 Å². The van der Waals surface area contributed by atoms with Gasteiger partial charge in [-0.25, -0.2) is 24.3 Å². The Bertz CT molecular complexity index is 1450. The number of ether oxygens (including phenoxy) is 5. The van der Waals surface area contributed by atoms with E-state index in [1.807, 2.05) is 44.2 Å². The van der Waals surface area contributed by atoms with E-state index in [2.05, 4.69) is 33.0 Å². The van der Waals surface area contributed by atoms with E-state index in [4.69, 9.17) is 43.2 Å². The first-order valence-electron chi connectivity index (χ1n) is 19.4. The summed E-state index contributed by atoms with van der Waals surface area (Å²) in [5.41, 5.74) is -0.713. The molecule has 10 fully saturated rings. The smallest absolute Gasteiger partial charge is 0.411 e. The van der Waals surface area contributed by atoms with Gasteiger partial charge in [0.05, 0.1) is 6.10 Å². The van der Waals surface area contributed by atoms with Crippen molar-refractivity contribution < 1.29 is 48.0 Å². The number of fused-ring (bicyclic) bond motifs is 4. The standard InChI is InChI=1S/C39H55NO10/c1-21-12-14-28-23(3)30(42-33-38(28)26(21)16-18-36(5,45-33)47-49-38)20-31(43-35(41)40-25-10-8-7-9-11-25)32-24(4)29-15-13-22(2)27-17-19-37(6)46-34(44-32)39(27,29)50-48-37/h7-11,21-24,26-34H,12-20H2,1-6H3,(H,40,41)/t21-,22-,23-,24-,26+,27+,28+,29+,30-,31+,32?,33-,34-,36+,37+,38?,39?/m1/s1. The zero-order valence-corrected chi connectivity index (χ0v) is 30.3. The molecule has 2 saturated carbocycles. The molecule has 11 heteroatoms. The molecule has 8 heterocycles. The first kappa shape index (κ1) is 34.0. The molecule has 8 saturated heterocycles. The number of rotatable bonds is 5. The summed E-state index contributed by atoms with van der Waals surface area (Å²) in [6.07, 6.45) is 4.86. The van der Waals surface area contributed by atoms with Gasteiger partial charge in [0.2, 0.25) is 11.6 Å². The van der Waals surface area contributed by atoms with Crippen molar-refractivity contribution in [1.29, 1.82) is 0 Å². The van der Waals surface area contributed by atoms with Crippen LogP contribution in [0.5, 0.6) is 0 Å². The van der Waals surface area contributed by atoms with Gasteiger partial charge in [-0.05, 0) is 100 Å². The molecule has 0 radical (unpaired) electrons. The van der Waals surface area contributed by atoms with Crippen molar-refractivity contribution in [2.75, 3.05) is 5.32 Å². The van der Waals surface area contributed by atoms with Crippen molar-refractivity contribution in [2.24, 2.45) is 47.3 Å². The third kappa shape index (κ3) is 5.08. The second-order valence-electron chi connectivity index (χ2n) is 17.5. The summed E-state index contributed by atoms with van der Waals surface area (Å²) in [6.45, 7) is 13.0. The van der Waals surface area contributed by atoms with Crippen LogP contribution in [0, 0.1) is 47.3 Å². The molecule has 10 aliphatic rings. The first-order chi connectivity index (χ1) is 23.9. The van der Waals surface area contributed by atoms with Crippen LogP contribution in [0.2, 0.25) is 0 Å². The summed E-state index contributed by atoms with van der Waals surface area (Å²) < 4.78 is 34.0. The molecule has 1 N–H and O–H groups in total. The first-order valence-corrected chi connectivity index (χ1v) is 19.4. The average molecular weight is 698 g/mol. The average Bonchev–Trinajstić information content (AvgIpc) is 3.46. The van der Waals surface area contributed by atoms with Gasteiger partial charge in [0.1, 0.15) is 12.2 Å². The third-order valence-corrected chi connectivity index (χ3v) is 14.6. The zero-order chi connectivity index (χ0) is 34.6. The molecule has 8 aliphatic heterocycles. The highest BCUT2D eigenvalue weighted by Crippen LogP contribution is 2.63. The molecule has 1 aromatic rings. The van der Waals surface area contributed by atoms with E-state index in [0.717, 1.165) is 51.4 Å². The zero-order valence-electron chi connectivity index (χ0n) is 30.3. The van der Waals surface area contributed by atoms with E-state index in [1.165, 1.54) is 0 Å². The minimum Gasteiger partial charge on any atom is -0.443 e. The summed E-state index contributed by atoms with van der Waals surface area (Å²) >= 11 is 0. The Kier molecular flexibility index (Phi) is 8.22. The van der Waals surface area contributed by atoms with E-state index in [-0.39, 0.29) is 41.6 Å². The van der Waals surface area contributed by atoms with Gasteiger partial charge >= 0.3 is 6.09 Å². The molecule has 1 amide bonds. The van der Waals surface area contributed by atoms with Crippen LogP contribution in [0.1, 0.15) is 99.3 Å². The second kappa shape index (κ2) is 12.1. The summed E-state index contributed by atoms with van der Waals surface area (Å²) in [5.74, 6) is -0.00595. The minimum absolute atomic E-state index is 0.0173. The number of benzene rings is 1. The van der Waals surface area contributed by atoms with Gasteiger partial charge in [-0.1, -0.05) is 45.9 Å². The van der Waals surface area contributed by atoms with Crippen LogP contribution in [-0.2, 0) is 43.2 Å². The number of hydrogen-bond acceptors (Lipinski definition) is 10. The molecule has 17 atom stereocenters. The van der Waals surface area contributed by atoms with Crippen molar-refractivity contribution >= 4 is 11.8 Å². The Morgan fingerprint density at radius 2 is 1.30 bits per heavy atom. The minimum atomic E-state index is -0.901. The van der Waals surface area contributed by atoms with Crippen LogP contribution in [0.4, 0.5) is 10.5 Å². The number of anilines is 1. The molecular formula is C39H55NO10. The van der Waals surface area contributed by atoms with Crippen LogP contribution in [0.3, 0.4) is 0 Å². The van der Waals surface area contributed by atoms with Gasteiger partial charge < -0.3 is 23.7 Å². The lowest BCUT2D eigenvalue weighted by Gasteiger charge is -2.62. The molecule has 4 bridgehead atoms. The van der Waals surface area contributed by atoms with Gasteiger partial charge in [0, 0.05) is 36.8 Å². The fraction of sp³-hybridized carbons (Fsp3) is 0.821. The van der Waals surface area contributed by atoms with Crippen LogP contribution in [0.25, 0.3) is 0 Å². The van der Waals surface area contributed by atoms with E-state index in [1.54, 1.807) is 0 Å². The maximum absolute atomic E-state index is 13.7. The molecule has 11 rings (SSSR count). The van der Waals surface area contributed by atoms with E-state index in [9.17, 15) is 4.79 Å². The number of carbonyl (C=O) groups excluding carboxylic acids is 1. The fourth-order valence-corrected chi connectivity index (χ4v) is 11.9. The molecule has 1 aromatic carbocycles. The quantitative estimate of drug-likeness (QED) is 0.311. The molecule has 11 nitrogen and oxygen atoms in total. The molecule has 0 aromatic heterocycles. The summed E-state index contributed by atoms with van der Waals surface area (Å²) in [6, 6.07) is 9.40. The molecule has 3 unspecified atom stereocenters. The normalized spacial score (nSPS) is 52.5. The van der Waals surface area contributed by atoms with Crippen molar-refractivity contribution in [3.63, 3.8) is 0 Å². The lowest BCUT2D eigenvalue weighted by Crippen LogP contribution is -2.72. The van der Waals surface area contributed by atoms with Crippen molar-refractivity contribution in [1.82, 2.24) is 0 Å². The van der Waals surface area contributed by atoms with Gasteiger partial charge in [0.15, 0.2) is 23.8 Å². The van der Waals surface area contributed by atoms with E-state index in [0.29, 0.717) is 23.9 Å². The Morgan fingerprint density at radius 3 is 1.90 bits per heavy atom.